The summed E-state index contributed by atoms with van der Waals surface area (Å²) in [6.07, 6.45) is 4.89. The fourth-order valence-electron chi connectivity index (χ4n) is 4.82. The lowest BCUT2D eigenvalue weighted by Crippen LogP contribution is -2.58. The van der Waals surface area contributed by atoms with Gasteiger partial charge in [-0.1, -0.05) is 5.21 Å². The molecule has 4 heterocycles. The Kier molecular flexibility index (Phi) is 6.05. The van der Waals surface area contributed by atoms with E-state index in [0.717, 1.165) is 12.8 Å². The summed E-state index contributed by atoms with van der Waals surface area (Å²) in [7, 11) is 0. The number of nitrogens with zero attached hydrogens (tertiary/aromatic N) is 6. The van der Waals surface area contributed by atoms with Crippen molar-refractivity contribution >= 4 is 17.6 Å². The number of carbonyl (C=O) groups is 1. The van der Waals surface area contributed by atoms with Crippen LogP contribution in [-0.4, -0.2) is 57.9 Å². The van der Waals surface area contributed by atoms with E-state index in [9.17, 15) is 5.11 Å². The van der Waals surface area contributed by atoms with Gasteiger partial charge in [-0.3, -0.25) is 4.79 Å². The number of piperidine rings is 1. The van der Waals surface area contributed by atoms with Gasteiger partial charge in [0.2, 0.25) is 11.5 Å². The number of carboxylic acid groups (broad SMARTS) is 1. The molecule has 1 saturated heterocycles. The van der Waals surface area contributed by atoms with Crippen molar-refractivity contribution in [1.29, 1.82) is 0 Å². The smallest absolute Gasteiger partial charge is 0.290 e. The third kappa shape index (κ3) is 4.74. The molecule has 0 aliphatic carbocycles. The summed E-state index contributed by atoms with van der Waals surface area (Å²) in [4.78, 5) is 12.5. The van der Waals surface area contributed by atoms with Crippen LogP contribution in [0.2, 0.25) is 0 Å². The first-order valence-electron chi connectivity index (χ1n) is 10.8. The molecule has 0 spiro atoms. The average Bonchev–Trinajstić information content (AvgIpc) is 3.42. The standard InChI is InChI=1S/C22H25N7O2.CH2O2/c1-21(2)11-14(12-22(3,4)27-21)29-19-17(25-28-29)10-16(24-26-19)15-6-5-13(9-18(15)30)20-23-7-8-31-20;2-1-3/h5-10,14,27,30H,11-12H2,1-4H3;1H,(H,2,3). The number of hydrogen-bond donors (Lipinski definition) is 3. The minimum absolute atomic E-state index is 0.0194. The number of nitrogens with one attached hydrogen (secondary N) is 1. The summed E-state index contributed by atoms with van der Waals surface area (Å²) in [5.74, 6) is 0.512. The average molecular weight is 466 g/mol. The van der Waals surface area contributed by atoms with Crippen molar-refractivity contribution in [2.24, 2.45) is 0 Å². The SMILES string of the molecule is CC1(C)CC(n2nnc3cc(-c4ccc(-c5ncco5)cc4O)nnc32)CC(C)(C)N1.O=CO. The number of fused-ring (bicyclic) bond motifs is 1. The fraction of sp³-hybridized carbons (Fsp3) is 0.391. The van der Waals surface area contributed by atoms with Crippen LogP contribution in [0.4, 0.5) is 0 Å². The van der Waals surface area contributed by atoms with E-state index in [1.54, 1.807) is 18.3 Å². The van der Waals surface area contributed by atoms with Crippen molar-refractivity contribution < 1.29 is 19.4 Å². The van der Waals surface area contributed by atoms with Crippen LogP contribution >= 0.6 is 0 Å². The van der Waals surface area contributed by atoms with Gasteiger partial charge in [0.1, 0.15) is 17.5 Å². The van der Waals surface area contributed by atoms with Gasteiger partial charge >= 0.3 is 0 Å². The molecule has 0 amide bonds. The first-order valence-corrected chi connectivity index (χ1v) is 10.8. The van der Waals surface area contributed by atoms with Gasteiger partial charge in [-0.2, -0.15) is 0 Å². The van der Waals surface area contributed by atoms with Crippen molar-refractivity contribution in [3.63, 3.8) is 0 Å². The van der Waals surface area contributed by atoms with Crippen molar-refractivity contribution in [3.05, 3.63) is 36.7 Å². The van der Waals surface area contributed by atoms with Gasteiger partial charge in [0.25, 0.3) is 6.47 Å². The van der Waals surface area contributed by atoms with E-state index in [4.69, 9.17) is 14.3 Å². The van der Waals surface area contributed by atoms with E-state index >= 15 is 0 Å². The Morgan fingerprint density at radius 2 is 1.82 bits per heavy atom. The number of hydrogen-bond acceptors (Lipinski definition) is 9. The Bertz CT molecular complexity index is 1280. The molecule has 0 unspecified atom stereocenters. The molecule has 3 N–H and O–H groups in total. The molecule has 0 saturated carbocycles. The molecule has 34 heavy (non-hydrogen) atoms. The number of phenolic OH excluding ortho intramolecular Hbond substituents is 1. The zero-order valence-electron chi connectivity index (χ0n) is 19.4. The number of oxazole rings is 1. The van der Waals surface area contributed by atoms with Gasteiger partial charge in [-0.05, 0) is 64.8 Å². The summed E-state index contributed by atoms with van der Waals surface area (Å²) in [6, 6.07) is 7.17. The molecule has 3 aromatic heterocycles. The number of phenols is 1. The predicted octanol–water partition coefficient (Wildman–Crippen LogP) is 3.43. The highest BCUT2D eigenvalue weighted by Crippen LogP contribution is 2.37. The molecular formula is C23H27N7O4. The van der Waals surface area contributed by atoms with Crippen molar-refractivity contribution in [2.45, 2.75) is 57.7 Å². The van der Waals surface area contributed by atoms with Crippen molar-refractivity contribution in [2.75, 3.05) is 0 Å². The minimum Gasteiger partial charge on any atom is -0.507 e. The van der Waals surface area contributed by atoms with E-state index < -0.39 is 0 Å². The number of benzene rings is 1. The summed E-state index contributed by atoms with van der Waals surface area (Å²) in [5, 5.41) is 38.7. The van der Waals surface area contributed by atoms with Gasteiger partial charge in [0.15, 0.2) is 0 Å². The highest BCUT2D eigenvalue weighted by molar-refractivity contribution is 5.78. The van der Waals surface area contributed by atoms with Crippen molar-refractivity contribution in [1.82, 2.24) is 35.5 Å². The van der Waals surface area contributed by atoms with Crippen LogP contribution in [0.1, 0.15) is 46.6 Å². The largest absolute Gasteiger partial charge is 0.507 e. The minimum atomic E-state index is -0.250. The summed E-state index contributed by atoms with van der Waals surface area (Å²) in [6.45, 7) is 8.56. The maximum Gasteiger partial charge on any atom is 0.290 e. The van der Waals surface area contributed by atoms with Crippen molar-refractivity contribution in [3.8, 4) is 28.5 Å². The monoisotopic (exact) mass is 465 g/mol. The highest BCUT2D eigenvalue weighted by Gasteiger charge is 2.39. The molecule has 1 aromatic carbocycles. The quantitative estimate of drug-likeness (QED) is 0.384. The number of rotatable bonds is 3. The third-order valence-corrected chi connectivity index (χ3v) is 5.69. The van der Waals surface area contributed by atoms with Crippen LogP contribution in [-0.2, 0) is 4.79 Å². The van der Waals surface area contributed by atoms with E-state index in [1.807, 2.05) is 16.8 Å². The first kappa shape index (κ1) is 23.3. The van der Waals surface area contributed by atoms with Gasteiger partial charge in [0.05, 0.1) is 17.9 Å². The molecule has 11 heteroatoms. The predicted molar refractivity (Wildman–Crippen MR) is 124 cm³/mol. The summed E-state index contributed by atoms with van der Waals surface area (Å²) >= 11 is 0. The lowest BCUT2D eigenvalue weighted by molar-refractivity contribution is -0.122. The van der Waals surface area contributed by atoms with Gasteiger partial charge in [0, 0.05) is 22.2 Å². The second-order valence-electron chi connectivity index (χ2n) is 9.60. The molecule has 1 aliphatic heterocycles. The lowest BCUT2D eigenvalue weighted by Gasteiger charge is -2.46. The second-order valence-corrected chi connectivity index (χ2v) is 9.60. The number of aromatic nitrogens is 6. The Hall–Kier alpha value is -3.86. The van der Waals surface area contributed by atoms with E-state index in [1.165, 1.54) is 6.26 Å². The Balaban J connectivity index is 0.000000868. The molecule has 1 aliphatic rings. The molecule has 0 atom stereocenters. The normalized spacial score (nSPS) is 17.2. The van der Waals surface area contributed by atoms with E-state index in [2.05, 4.69) is 58.5 Å². The molecule has 11 nitrogen and oxygen atoms in total. The maximum absolute atomic E-state index is 10.6. The fourth-order valence-corrected chi connectivity index (χ4v) is 4.82. The lowest BCUT2D eigenvalue weighted by atomic mass is 9.80. The molecule has 0 radical (unpaired) electrons. The molecular weight excluding hydrogens is 438 g/mol. The Morgan fingerprint density at radius 1 is 1.12 bits per heavy atom. The van der Waals surface area contributed by atoms with Crippen LogP contribution in [0.5, 0.6) is 5.75 Å². The summed E-state index contributed by atoms with van der Waals surface area (Å²) in [5.41, 5.74) is 3.03. The Labute approximate surface area is 195 Å². The molecule has 4 aromatic rings. The zero-order valence-corrected chi connectivity index (χ0v) is 19.4. The first-order chi connectivity index (χ1) is 16.1. The Morgan fingerprint density at radius 3 is 2.44 bits per heavy atom. The van der Waals surface area contributed by atoms with Crippen LogP contribution in [0.15, 0.2) is 41.1 Å². The van der Waals surface area contributed by atoms with Gasteiger partial charge in [-0.15, -0.1) is 15.3 Å². The molecule has 0 bridgehead atoms. The molecule has 178 valence electrons. The molecule has 5 rings (SSSR count). The van der Waals surface area contributed by atoms with Crippen LogP contribution in [0.3, 0.4) is 0 Å². The van der Waals surface area contributed by atoms with Gasteiger partial charge < -0.3 is 19.9 Å². The maximum atomic E-state index is 10.6. The summed E-state index contributed by atoms with van der Waals surface area (Å²) < 4.78 is 7.18. The topological polar surface area (TPSA) is 152 Å². The second kappa shape index (κ2) is 8.82. The van der Waals surface area contributed by atoms with Crippen LogP contribution in [0, 0.1) is 0 Å². The van der Waals surface area contributed by atoms with E-state index in [-0.39, 0.29) is 29.3 Å². The van der Waals surface area contributed by atoms with E-state index in [0.29, 0.717) is 33.9 Å². The van der Waals surface area contributed by atoms with Gasteiger partial charge in [-0.25, -0.2) is 9.67 Å². The van der Waals surface area contributed by atoms with Crippen LogP contribution < -0.4 is 5.32 Å². The zero-order chi connectivity index (χ0) is 24.5. The number of aromatic hydroxyl groups is 1. The third-order valence-electron chi connectivity index (χ3n) is 5.69. The molecule has 1 fully saturated rings. The van der Waals surface area contributed by atoms with Crippen LogP contribution in [0.25, 0.3) is 33.9 Å². The highest BCUT2D eigenvalue weighted by atomic mass is 16.3.